The number of ether oxygens (including phenoxy) is 1. The van der Waals surface area contributed by atoms with Crippen LogP contribution in [0.5, 0.6) is 0 Å². The van der Waals surface area contributed by atoms with Gasteiger partial charge in [-0.05, 0) is 51.8 Å². The van der Waals surface area contributed by atoms with Gasteiger partial charge in [-0.15, -0.1) is 0 Å². The van der Waals surface area contributed by atoms with Crippen molar-refractivity contribution in [2.24, 2.45) is 0 Å². The molecule has 0 aromatic rings. The third-order valence-corrected chi connectivity index (χ3v) is 3.67. The molecule has 1 spiro atoms. The van der Waals surface area contributed by atoms with Crippen LogP contribution < -0.4 is 5.32 Å². The molecule has 1 aliphatic heterocycles. The number of carbonyl (C=O) groups is 1. The van der Waals surface area contributed by atoms with E-state index in [9.17, 15) is 4.79 Å². The van der Waals surface area contributed by atoms with Crippen molar-refractivity contribution in [1.82, 2.24) is 9.74 Å². The van der Waals surface area contributed by atoms with Crippen LogP contribution in [0.1, 0.15) is 40.0 Å². The van der Waals surface area contributed by atoms with Gasteiger partial charge in [-0.2, -0.15) is 0 Å². The minimum atomic E-state index is -0.469. The average molecular weight is 273 g/mol. The fraction of sp³-hybridized carbons (Fsp3) is 0.769. The lowest BCUT2D eigenvalue weighted by molar-refractivity contribution is 0.0498. The minimum Gasteiger partial charge on any atom is -0.444 e. The van der Waals surface area contributed by atoms with Crippen molar-refractivity contribution in [2.45, 2.75) is 57.2 Å². The molecule has 1 aliphatic carbocycles. The molecule has 0 unspecified atom stereocenters. The second kappa shape index (κ2) is 4.74. The van der Waals surface area contributed by atoms with Crippen LogP contribution in [0, 0.1) is 0 Å². The SMILES string of the molecule is CC(C)(C)OC(=O)N[C@H]1CC=CC2(CC2)N(Cl)C1. The van der Waals surface area contributed by atoms with Crippen molar-refractivity contribution >= 4 is 17.9 Å². The van der Waals surface area contributed by atoms with Crippen molar-refractivity contribution in [3.8, 4) is 0 Å². The Morgan fingerprint density at radius 2 is 2.17 bits per heavy atom. The molecular formula is C13H21ClN2O2. The van der Waals surface area contributed by atoms with Crippen LogP contribution in [0.15, 0.2) is 12.2 Å². The Bertz CT molecular complexity index is 358. The number of halogens is 1. The van der Waals surface area contributed by atoms with E-state index in [4.69, 9.17) is 16.5 Å². The number of alkyl carbamates (subject to hydrolysis) is 1. The Morgan fingerprint density at radius 1 is 1.50 bits per heavy atom. The Hall–Kier alpha value is -0.740. The zero-order valence-corrected chi connectivity index (χ0v) is 12.0. The molecule has 5 heteroatoms. The Kier molecular flexibility index (Phi) is 3.60. The molecule has 1 fully saturated rings. The maximum absolute atomic E-state index is 11.7. The largest absolute Gasteiger partial charge is 0.444 e. The van der Waals surface area contributed by atoms with Crippen LogP contribution in [0.25, 0.3) is 0 Å². The third kappa shape index (κ3) is 3.39. The second-order valence-electron chi connectivity index (χ2n) is 6.13. The van der Waals surface area contributed by atoms with E-state index in [0.29, 0.717) is 6.54 Å². The summed E-state index contributed by atoms with van der Waals surface area (Å²) in [6.45, 7) is 6.21. The van der Waals surface area contributed by atoms with E-state index in [2.05, 4.69) is 17.5 Å². The molecule has 0 aromatic carbocycles. The summed E-state index contributed by atoms with van der Waals surface area (Å²) in [7, 11) is 0. The topological polar surface area (TPSA) is 41.6 Å². The van der Waals surface area contributed by atoms with Crippen LogP contribution in [0.2, 0.25) is 0 Å². The normalized spacial score (nSPS) is 26.8. The molecule has 1 heterocycles. The first-order chi connectivity index (χ1) is 8.31. The molecule has 1 saturated carbocycles. The minimum absolute atomic E-state index is 0.00794. The predicted molar refractivity (Wildman–Crippen MR) is 71.4 cm³/mol. The molecule has 0 bridgehead atoms. The highest BCUT2D eigenvalue weighted by molar-refractivity contribution is 6.14. The van der Waals surface area contributed by atoms with Gasteiger partial charge in [0.05, 0.1) is 5.54 Å². The lowest BCUT2D eigenvalue weighted by Gasteiger charge is -2.26. The number of hydrogen-bond donors (Lipinski definition) is 1. The van der Waals surface area contributed by atoms with Gasteiger partial charge in [-0.25, -0.2) is 9.21 Å². The summed E-state index contributed by atoms with van der Waals surface area (Å²) in [5.41, 5.74) is -0.422. The summed E-state index contributed by atoms with van der Waals surface area (Å²) >= 11 is 6.28. The highest BCUT2D eigenvalue weighted by Crippen LogP contribution is 2.45. The molecular weight excluding hydrogens is 252 g/mol. The number of amides is 1. The quantitative estimate of drug-likeness (QED) is 0.590. The van der Waals surface area contributed by atoms with Crippen molar-refractivity contribution in [2.75, 3.05) is 6.54 Å². The van der Waals surface area contributed by atoms with E-state index in [1.807, 2.05) is 25.2 Å². The fourth-order valence-corrected chi connectivity index (χ4v) is 2.49. The summed E-state index contributed by atoms with van der Waals surface area (Å²) in [4.78, 5) is 11.7. The first-order valence-electron chi connectivity index (χ1n) is 6.41. The molecule has 0 radical (unpaired) electrons. The summed E-state index contributed by atoms with van der Waals surface area (Å²) in [5.74, 6) is 0. The average Bonchev–Trinajstić information content (AvgIpc) is 2.95. The molecule has 102 valence electrons. The summed E-state index contributed by atoms with van der Waals surface area (Å²) < 4.78 is 7.07. The molecule has 2 aliphatic rings. The lowest BCUT2D eigenvalue weighted by Crippen LogP contribution is -2.44. The highest BCUT2D eigenvalue weighted by atomic mass is 35.5. The van der Waals surface area contributed by atoms with Gasteiger partial charge >= 0.3 is 6.09 Å². The number of nitrogens with zero attached hydrogens (tertiary/aromatic N) is 1. The molecule has 1 atom stereocenters. The predicted octanol–water partition coefficient (Wildman–Crippen LogP) is 2.83. The molecule has 4 nitrogen and oxygen atoms in total. The number of carbonyl (C=O) groups excluding carboxylic acids is 1. The number of hydrogen-bond acceptors (Lipinski definition) is 3. The Morgan fingerprint density at radius 3 is 2.72 bits per heavy atom. The zero-order valence-electron chi connectivity index (χ0n) is 11.2. The van der Waals surface area contributed by atoms with Crippen molar-refractivity contribution in [3.63, 3.8) is 0 Å². The number of rotatable bonds is 1. The van der Waals surface area contributed by atoms with E-state index >= 15 is 0 Å². The van der Waals surface area contributed by atoms with E-state index in [1.54, 1.807) is 0 Å². The van der Waals surface area contributed by atoms with Gasteiger partial charge < -0.3 is 10.1 Å². The lowest BCUT2D eigenvalue weighted by atomic mass is 10.2. The van der Waals surface area contributed by atoms with Crippen LogP contribution in [-0.2, 0) is 4.74 Å². The van der Waals surface area contributed by atoms with Crippen LogP contribution in [0.4, 0.5) is 4.79 Å². The van der Waals surface area contributed by atoms with E-state index in [0.717, 1.165) is 19.3 Å². The summed E-state index contributed by atoms with van der Waals surface area (Å²) in [6.07, 6.45) is 6.90. The van der Waals surface area contributed by atoms with Gasteiger partial charge in [0.1, 0.15) is 5.60 Å². The zero-order chi connectivity index (χ0) is 13.4. The Labute approximate surface area is 113 Å². The first-order valence-corrected chi connectivity index (χ1v) is 6.75. The molecule has 18 heavy (non-hydrogen) atoms. The molecule has 2 rings (SSSR count). The molecule has 0 saturated heterocycles. The third-order valence-electron chi connectivity index (χ3n) is 3.20. The van der Waals surface area contributed by atoms with Crippen molar-refractivity contribution in [3.05, 3.63) is 12.2 Å². The maximum atomic E-state index is 11.7. The molecule has 1 N–H and O–H groups in total. The maximum Gasteiger partial charge on any atom is 0.407 e. The van der Waals surface area contributed by atoms with Crippen molar-refractivity contribution in [1.29, 1.82) is 0 Å². The first kappa shape index (κ1) is 13.7. The monoisotopic (exact) mass is 272 g/mol. The van der Waals surface area contributed by atoms with Gasteiger partial charge in [0, 0.05) is 12.6 Å². The van der Waals surface area contributed by atoms with Gasteiger partial charge in [-0.3, -0.25) is 0 Å². The second-order valence-corrected chi connectivity index (χ2v) is 6.54. The van der Waals surface area contributed by atoms with Crippen LogP contribution in [-0.4, -0.2) is 34.2 Å². The fourth-order valence-electron chi connectivity index (χ4n) is 2.10. The smallest absolute Gasteiger partial charge is 0.407 e. The Balaban J connectivity index is 1.87. The molecule has 1 amide bonds. The summed E-state index contributed by atoms with van der Waals surface area (Å²) in [5, 5.41) is 2.87. The van der Waals surface area contributed by atoms with Crippen molar-refractivity contribution < 1.29 is 9.53 Å². The van der Waals surface area contributed by atoms with Gasteiger partial charge in [0.15, 0.2) is 0 Å². The van der Waals surface area contributed by atoms with Crippen LogP contribution >= 0.6 is 11.8 Å². The van der Waals surface area contributed by atoms with E-state index in [1.165, 1.54) is 0 Å². The van der Waals surface area contributed by atoms with Gasteiger partial charge in [0.2, 0.25) is 0 Å². The highest BCUT2D eigenvalue weighted by Gasteiger charge is 2.47. The van der Waals surface area contributed by atoms with Gasteiger partial charge in [0.25, 0.3) is 0 Å². The molecule has 0 aromatic heterocycles. The van der Waals surface area contributed by atoms with Crippen LogP contribution in [0.3, 0.4) is 0 Å². The standard InChI is InChI=1S/C13H21ClN2O2/c1-12(2,3)18-11(17)15-10-5-4-6-13(7-8-13)16(14)9-10/h4,6,10H,5,7-9H2,1-3H3,(H,15,17)/t10-/m0/s1. The van der Waals surface area contributed by atoms with E-state index in [-0.39, 0.29) is 17.7 Å². The summed E-state index contributed by atoms with van der Waals surface area (Å²) in [6, 6.07) is 0.00794. The number of nitrogens with one attached hydrogen (secondary N) is 1. The van der Waals surface area contributed by atoms with Gasteiger partial charge in [-0.1, -0.05) is 12.2 Å². The van der Waals surface area contributed by atoms with E-state index < -0.39 is 5.60 Å².